The van der Waals surface area contributed by atoms with Gasteiger partial charge < -0.3 is 0 Å². The third-order valence-electron chi connectivity index (χ3n) is 1.35. The molecule has 0 heterocycles. The first-order valence-corrected chi connectivity index (χ1v) is 5.42. The molecular formula is C6H10ClO3S. The van der Waals surface area contributed by atoms with Crippen LogP contribution >= 0.6 is 11.6 Å². The summed E-state index contributed by atoms with van der Waals surface area (Å²) in [6.45, 7) is 1.48. The molecule has 3 nitrogen and oxygen atoms in total. The molecule has 11 heavy (non-hydrogen) atoms. The van der Waals surface area contributed by atoms with Crippen LogP contribution in [0.1, 0.15) is 13.3 Å². The van der Waals surface area contributed by atoms with Gasteiger partial charge in [-0.25, -0.2) is 8.42 Å². The second kappa shape index (κ2) is 4.72. The van der Waals surface area contributed by atoms with Crippen molar-refractivity contribution in [2.24, 2.45) is 0 Å². The largest absolute Gasteiger partial charge is 0.291 e. The average Bonchev–Trinajstić information content (AvgIpc) is 1.88. The SMILES string of the molecule is CC(C[C]=O)S(=O)(=O)CCCl. The zero-order valence-electron chi connectivity index (χ0n) is 6.21. The van der Waals surface area contributed by atoms with Crippen molar-refractivity contribution in [2.75, 3.05) is 11.6 Å². The van der Waals surface area contributed by atoms with Crippen LogP contribution in [0, 0.1) is 0 Å². The number of hydrogen-bond donors (Lipinski definition) is 0. The van der Waals surface area contributed by atoms with Crippen molar-refractivity contribution in [3.8, 4) is 0 Å². The lowest BCUT2D eigenvalue weighted by atomic mass is 10.4. The Morgan fingerprint density at radius 2 is 2.09 bits per heavy atom. The average molecular weight is 198 g/mol. The molecule has 1 unspecified atom stereocenters. The summed E-state index contributed by atoms with van der Waals surface area (Å²) in [5.74, 6) is 0.00291. The molecule has 0 saturated heterocycles. The van der Waals surface area contributed by atoms with E-state index in [1.807, 2.05) is 0 Å². The lowest BCUT2D eigenvalue weighted by Crippen LogP contribution is -2.22. The number of hydrogen-bond acceptors (Lipinski definition) is 3. The zero-order valence-corrected chi connectivity index (χ0v) is 7.78. The minimum absolute atomic E-state index is 0.0702. The van der Waals surface area contributed by atoms with Gasteiger partial charge in [0.15, 0.2) is 16.1 Å². The molecule has 0 aromatic rings. The Bertz CT molecular complexity index is 210. The van der Waals surface area contributed by atoms with Crippen molar-refractivity contribution >= 4 is 27.7 Å². The minimum Gasteiger partial charge on any atom is -0.291 e. The highest BCUT2D eigenvalue weighted by atomic mass is 35.5. The van der Waals surface area contributed by atoms with Crippen LogP contribution in [0.15, 0.2) is 0 Å². The van der Waals surface area contributed by atoms with Gasteiger partial charge in [-0.05, 0) is 6.92 Å². The van der Waals surface area contributed by atoms with E-state index in [1.165, 1.54) is 6.92 Å². The maximum absolute atomic E-state index is 11.1. The van der Waals surface area contributed by atoms with Crippen LogP contribution in [0.3, 0.4) is 0 Å². The second-order valence-electron chi connectivity index (χ2n) is 2.22. The molecule has 0 N–H and O–H groups in total. The number of rotatable bonds is 5. The van der Waals surface area contributed by atoms with E-state index in [-0.39, 0.29) is 18.1 Å². The number of carbonyl (C=O) groups excluding carboxylic acids is 1. The van der Waals surface area contributed by atoms with Gasteiger partial charge in [0.2, 0.25) is 0 Å². The first-order chi connectivity index (χ1) is 5.04. The maximum atomic E-state index is 11.1. The Labute approximate surface area is 71.7 Å². The Morgan fingerprint density at radius 1 is 1.55 bits per heavy atom. The van der Waals surface area contributed by atoms with Crippen molar-refractivity contribution in [2.45, 2.75) is 18.6 Å². The van der Waals surface area contributed by atoms with E-state index < -0.39 is 15.1 Å². The normalized spacial score (nSPS) is 14.4. The summed E-state index contributed by atoms with van der Waals surface area (Å²) in [4.78, 5) is 9.84. The van der Waals surface area contributed by atoms with Gasteiger partial charge in [0, 0.05) is 12.3 Å². The fraction of sp³-hybridized carbons (Fsp3) is 0.833. The van der Waals surface area contributed by atoms with Gasteiger partial charge in [-0.1, -0.05) is 0 Å². The molecule has 0 aliphatic rings. The summed E-state index contributed by atoms with van der Waals surface area (Å²) in [6, 6.07) is 0. The zero-order chi connectivity index (χ0) is 8.91. The number of alkyl halides is 1. The number of sulfone groups is 1. The fourth-order valence-electron chi connectivity index (χ4n) is 0.553. The summed E-state index contributed by atoms with van der Waals surface area (Å²) in [6.07, 6.45) is 1.49. The summed E-state index contributed by atoms with van der Waals surface area (Å²) < 4.78 is 22.1. The smallest absolute Gasteiger partial charge is 0.199 e. The van der Waals surface area contributed by atoms with E-state index in [0.717, 1.165) is 0 Å². The standard InChI is InChI=1S/C6H10ClO3S/c1-6(2-4-8)11(9,10)5-3-7/h6H,2-3,5H2,1H3. The van der Waals surface area contributed by atoms with Gasteiger partial charge in [0.05, 0.1) is 11.0 Å². The van der Waals surface area contributed by atoms with E-state index in [2.05, 4.69) is 0 Å². The quantitative estimate of drug-likeness (QED) is 0.605. The first-order valence-electron chi connectivity index (χ1n) is 3.17. The van der Waals surface area contributed by atoms with Gasteiger partial charge >= 0.3 is 0 Å². The van der Waals surface area contributed by atoms with Crippen LogP contribution < -0.4 is 0 Å². The van der Waals surface area contributed by atoms with Crippen molar-refractivity contribution in [1.29, 1.82) is 0 Å². The van der Waals surface area contributed by atoms with Gasteiger partial charge in [0.25, 0.3) is 0 Å². The highest BCUT2D eigenvalue weighted by Gasteiger charge is 2.19. The Hall–Kier alpha value is -0.0900. The molecule has 0 aromatic heterocycles. The van der Waals surface area contributed by atoms with Gasteiger partial charge in [0.1, 0.15) is 0 Å². The predicted molar refractivity (Wildman–Crippen MR) is 44.3 cm³/mol. The molecule has 0 amide bonds. The molecule has 0 spiro atoms. The van der Waals surface area contributed by atoms with E-state index in [9.17, 15) is 13.2 Å². The Balaban J connectivity index is 4.18. The lowest BCUT2D eigenvalue weighted by molar-refractivity contribution is 0.545. The maximum Gasteiger partial charge on any atom is 0.199 e. The predicted octanol–water partition coefficient (Wildman–Crippen LogP) is 0.528. The molecule has 0 fully saturated rings. The van der Waals surface area contributed by atoms with Crippen molar-refractivity contribution in [1.82, 2.24) is 0 Å². The highest BCUT2D eigenvalue weighted by molar-refractivity contribution is 7.92. The second-order valence-corrected chi connectivity index (χ2v) is 5.13. The van der Waals surface area contributed by atoms with Crippen molar-refractivity contribution < 1.29 is 13.2 Å². The molecule has 0 saturated carbocycles. The molecular weight excluding hydrogens is 188 g/mol. The molecule has 0 aliphatic carbocycles. The van der Waals surface area contributed by atoms with E-state index in [0.29, 0.717) is 0 Å². The molecule has 1 radical (unpaired) electrons. The lowest BCUT2D eigenvalue weighted by Gasteiger charge is -2.06. The minimum atomic E-state index is -3.17. The van der Waals surface area contributed by atoms with Gasteiger partial charge in [-0.15, -0.1) is 11.6 Å². The van der Waals surface area contributed by atoms with E-state index >= 15 is 0 Å². The van der Waals surface area contributed by atoms with E-state index in [4.69, 9.17) is 11.6 Å². The molecule has 0 aliphatic heterocycles. The molecule has 65 valence electrons. The summed E-state index contributed by atoms with van der Waals surface area (Å²) >= 11 is 5.25. The van der Waals surface area contributed by atoms with Crippen LogP contribution in [0.2, 0.25) is 0 Å². The molecule has 0 bridgehead atoms. The molecule has 0 aromatic carbocycles. The van der Waals surface area contributed by atoms with Gasteiger partial charge in [-0.2, -0.15) is 0 Å². The summed E-state index contributed by atoms with van der Waals surface area (Å²) in [5.41, 5.74) is 0. The summed E-state index contributed by atoms with van der Waals surface area (Å²) in [5, 5.41) is -0.654. The third kappa shape index (κ3) is 3.72. The first kappa shape index (κ1) is 10.9. The third-order valence-corrected chi connectivity index (χ3v) is 3.92. The topological polar surface area (TPSA) is 51.2 Å². The summed E-state index contributed by atoms with van der Waals surface area (Å²) in [7, 11) is -3.17. The number of halogens is 1. The monoisotopic (exact) mass is 197 g/mol. The highest BCUT2D eigenvalue weighted by Crippen LogP contribution is 2.05. The van der Waals surface area contributed by atoms with Crippen molar-refractivity contribution in [3.63, 3.8) is 0 Å². The van der Waals surface area contributed by atoms with Crippen LogP contribution in [-0.2, 0) is 14.6 Å². The van der Waals surface area contributed by atoms with Crippen LogP contribution in [0.4, 0.5) is 0 Å². The van der Waals surface area contributed by atoms with E-state index in [1.54, 1.807) is 6.29 Å². The van der Waals surface area contributed by atoms with Crippen LogP contribution in [-0.4, -0.2) is 31.6 Å². The Morgan fingerprint density at radius 3 is 2.45 bits per heavy atom. The fourth-order valence-corrected chi connectivity index (χ4v) is 2.14. The van der Waals surface area contributed by atoms with Crippen LogP contribution in [0.5, 0.6) is 0 Å². The molecule has 5 heteroatoms. The molecule has 1 atom stereocenters. The van der Waals surface area contributed by atoms with Gasteiger partial charge in [-0.3, -0.25) is 4.79 Å². The Kier molecular flexibility index (Phi) is 4.68. The van der Waals surface area contributed by atoms with Crippen LogP contribution in [0.25, 0.3) is 0 Å². The van der Waals surface area contributed by atoms with Crippen molar-refractivity contribution in [3.05, 3.63) is 0 Å². The molecule has 0 rings (SSSR count).